The summed E-state index contributed by atoms with van der Waals surface area (Å²) in [7, 11) is 1.58. The van der Waals surface area contributed by atoms with Crippen LogP contribution in [0.2, 0.25) is 0 Å². The van der Waals surface area contributed by atoms with Gasteiger partial charge in [-0.25, -0.2) is 0 Å². The fourth-order valence-corrected chi connectivity index (χ4v) is 2.61. The normalized spacial score (nSPS) is 11.7. The number of benzene rings is 2. The van der Waals surface area contributed by atoms with Crippen LogP contribution in [0.1, 0.15) is 32.8 Å². The van der Waals surface area contributed by atoms with Crippen molar-refractivity contribution in [2.45, 2.75) is 45.8 Å². The van der Waals surface area contributed by atoms with Crippen LogP contribution in [-0.4, -0.2) is 31.8 Å². The maximum atomic E-state index is 12.2. The van der Waals surface area contributed by atoms with Gasteiger partial charge in [-0.2, -0.15) is 0 Å². The fraction of sp³-hybridized carbons (Fsp3) is 0.409. The second-order valence-corrected chi connectivity index (χ2v) is 6.62. The molecule has 0 aromatic heterocycles. The van der Waals surface area contributed by atoms with Gasteiger partial charge in [0.25, 0.3) is 5.91 Å². The molecule has 0 bridgehead atoms. The summed E-state index contributed by atoms with van der Waals surface area (Å²) >= 11 is 0. The molecule has 0 aliphatic carbocycles. The Kier molecular flexibility index (Phi) is 7.99. The molecule has 2 aromatic carbocycles. The lowest BCUT2D eigenvalue weighted by Gasteiger charge is -2.16. The van der Waals surface area contributed by atoms with Gasteiger partial charge < -0.3 is 19.5 Å². The van der Waals surface area contributed by atoms with E-state index < -0.39 is 6.10 Å². The first-order valence-corrected chi connectivity index (χ1v) is 9.32. The summed E-state index contributed by atoms with van der Waals surface area (Å²) in [4.78, 5) is 12.2. The van der Waals surface area contributed by atoms with E-state index in [2.05, 4.69) is 17.4 Å². The standard InChI is InChI=1S/C22H29NO4/c1-16(2)26-19-13-11-18(12-14-19)8-7-15-23-22(24)17(3)27-21-10-6-5-9-20(21)25-4/h5-6,9-14,16-17H,7-8,15H2,1-4H3,(H,23,24). The van der Waals surface area contributed by atoms with Crippen LogP contribution in [0, 0.1) is 0 Å². The van der Waals surface area contributed by atoms with Crippen LogP contribution in [0.3, 0.4) is 0 Å². The van der Waals surface area contributed by atoms with Gasteiger partial charge in [-0.1, -0.05) is 24.3 Å². The van der Waals surface area contributed by atoms with Gasteiger partial charge in [-0.05, 0) is 63.4 Å². The molecule has 0 radical (unpaired) electrons. The van der Waals surface area contributed by atoms with Gasteiger partial charge in [0.15, 0.2) is 17.6 Å². The largest absolute Gasteiger partial charge is 0.493 e. The monoisotopic (exact) mass is 371 g/mol. The average Bonchev–Trinajstić information content (AvgIpc) is 2.66. The topological polar surface area (TPSA) is 56.8 Å². The number of ether oxygens (including phenoxy) is 3. The van der Waals surface area contributed by atoms with Crippen LogP contribution in [-0.2, 0) is 11.2 Å². The number of para-hydroxylation sites is 2. The molecule has 0 aliphatic rings. The summed E-state index contributed by atoms with van der Waals surface area (Å²) in [5, 5.41) is 2.92. The maximum absolute atomic E-state index is 12.2. The molecule has 0 fully saturated rings. The number of aryl methyl sites for hydroxylation is 1. The number of methoxy groups -OCH3 is 1. The first kappa shape index (κ1) is 20.6. The molecular formula is C22H29NO4. The molecule has 0 saturated carbocycles. The van der Waals surface area contributed by atoms with Crippen molar-refractivity contribution in [1.82, 2.24) is 5.32 Å². The van der Waals surface area contributed by atoms with Gasteiger partial charge in [0.2, 0.25) is 0 Å². The van der Waals surface area contributed by atoms with Crippen LogP contribution >= 0.6 is 0 Å². The van der Waals surface area contributed by atoms with E-state index in [0.717, 1.165) is 18.6 Å². The number of carbonyl (C=O) groups excluding carboxylic acids is 1. The number of rotatable bonds is 10. The molecule has 0 heterocycles. The van der Waals surface area contributed by atoms with E-state index in [0.29, 0.717) is 18.0 Å². The third-order valence-electron chi connectivity index (χ3n) is 3.98. The van der Waals surface area contributed by atoms with Gasteiger partial charge in [0.05, 0.1) is 13.2 Å². The van der Waals surface area contributed by atoms with Crippen molar-refractivity contribution in [3.8, 4) is 17.2 Å². The first-order valence-electron chi connectivity index (χ1n) is 9.32. The lowest BCUT2D eigenvalue weighted by molar-refractivity contribution is -0.127. The van der Waals surface area contributed by atoms with Gasteiger partial charge in [-0.15, -0.1) is 0 Å². The minimum absolute atomic E-state index is 0.137. The predicted molar refractivity (Wildman–Crippen MR) is 107 cm³/mol. The Morgan fingerprint density at radius 3 is 2.26 bits per heavy atom. The Hall–Kier alpha value is -2.69. The third kappa shape index (κ3) is 6.85. The van der Waals surface area contributed by atoms with Crippen molar-refractivity contribution in [3.63, 3.8) is 0 Å². The van der Waals surface area contributed by atoms with Crippen molar-refractivity contribution in [3.05, 3.63) is 54.1 Å². The lowest BCUT2D eigenvalue weighted by Crippen LogP contribution is -2.37. The van der Waals surface area contributed by atoms with Crippen molar-refractivity contribution in [1.29, 1.82) is 0 Å². The highest BCUT2D eigenvalue weighted by Crippen LogP contribution is 2.26. The Balaban J connectivity index is 1.72. The third-order valence-corrected chi connectivity index (χ3v) is 3.98. The predicted octanol–water partition coefficient (Wildman–Crippen LogP) is 4.00. The molecular weight excluding hydrogens is 342 g/mol. The van der Waals surface area contributed by atoms with E-state index in [1.165, 1.54) is 5.56 Å². The molecule has 1 atom stereocenters. The molecule has 2 aromatic rings. The second-order valence-electron chi connectivity index (χ2n) is 6.62. The van der Waals surface area contributed by atoms with E-state index in [4.69, 9.17) is 14.2 Å². The van der Waals surface area contributed by atoms with E-state index >= 15 is 0 Å². The molecule has 27 heavy (non-hydrogen) atoms. The second kappa shape index (κ2) is 10.5. The Morgan fingerprint density at radius 2 is 1.63 bits per heavy atom. The highest BCUT2D eigenvalue weighted by atomic mass is 16.5. The zero-order chi connectivity index (χ0) is 19.6. The van der Waals surface area contributed by atoms with Crippen molar-refractivity contribution in [2.24, 2.45) is 0 Å². The Bertz CT molecular complexity index is 713. The van der Waals surface area contributed by atoms with Crippen LogP contribution in [0.15, 0.2) is 48.5 Å². The van der Waals surface area contributed by atoms with Gasteiger partial charge in [0, 0.05) is 6.54 Å². The van der Waals surface area contributed by atoms with Crippen LogP contribution in [0.5, 0.6) is 17.2 Å². The summed E-state index contributed by atoms with van der Waals surface area (Å²) in [5.74, 6) is 1.92. The molecule has 0 spiro atoms. The molecule has 0 aliphatic heterocycles. The minimum atomic E-state index is -0.589. The van der Waals surface area contributed by atoms with Crippen molar-refractivity contribution in [2.75, 3.05) is 13.7 Å². The Morgan fingerprint density at radius 1 is 0.963 bits per heavy atom. The number of amides is 1. The smallest absolute Gasteiger partial charge is 0.260 e. The van der Waals surface area contributed by atoms with E-state index in [1.807, 2.05) is 38.1 Å². The van der Waals surface area contributed by atoms with Gasteiger partial charge in [-0.3, -0.25) is 4.79 Å². The van der Waals surface area contributed by atoms with Gasteiger partial charge >= 0.3 is 0 Å². The quantitative estimate of drug-likeness (QED) is 0.642. The highest BCUT2D eigenvalue weighted by Gasteiger charge is 2.16. The highest BCUT2D eigenvalue weighted by molar-refractivity contribution is 5.80. The zero-order valence-electron chi connectivity index (χ0n) is 16.5. The van der Waals surface area contributed by atoms with Crippen molar-refractivity contribution < 1.29 is 19.0 Å². The van der Waals surface area contributed by atoms with E-state index in [1.54, 1.807) is 26.2 Å². The molecule has 1 unspecified atom stereocenters. The molecule has 5 nitrogen and oxygen atoms in total. The molecule has 146 valence electrons. The molecule has 5 heteroatoms. The minimum Gasteiger partial charge on any atom is -0.493 e. The van der Waals surface area contributed by atoms with Crippen molar-refractivity contribution >= 4 is 5.91 Å². The van der Waals surface area contributed by atoms with Crippen LogP contribution in [0.4, 0.5) is 0 Å². The van der Waals surface area contributed by atoms with Crippen LogP contribution < -0.4 is 19.5 Å². The summed E-state index contributed by atoms with van der Waals surface area (Å²) in [6, 6.07) is 15.4. The molecule has 0 saturated heterocycles. The van der Waals surface area contributed by atoms with E-state index in [-0.39, 0.29) is 12.0 Å². The number of carbonyl (C=O) groups is 1. The average molecular weight is 371 g/mol. The fourth-order valence-electron chi connectivity index (χ4n) is 2.61. The zero-order valence-corrected chi connectivity index (χ0v) is 16.5. The van der Waals surface area contributed by atoms with Gasteiger partial charge in [0.1, 0.15) is 5.75 Å². The number of hydrogen-bond acceptors (Lipinski definition) is 4. The maximum Gasteiger partial charge on any atom is 0.260 e. The first-order chi connectivity index (χ1) is 13.0. The molecule has 2 rings (SSSR count). The summed E-state index contributed by atoms with van der Waals surface area (Å²) < 4.78 is 16.6. The summed E-state index contributed by atoms with van der Waals surface area (Å²) in [6.07, 6.45) is 1.33. The number of nitrogens with one attached hydrogen (secondary N) is 1. The SMILES string of the molecule is COc1ccccc1OC(C)C(=O)NCCCc1ccc(OC(C)C)cc1. The summed E-state index contributed by atoms with van der Waals surface area (Å²) in [5.41, 5.74) is 1.22. The lowest BCUT2D eigenvalue weighted by atomic mass is 10.1. The number of hydrogen-bond donors (Lipinski definition) is 1. The van der Waals surface area contributed by atoms with E-state index in [9.17, 15) is 4.79 Å². The molecule has 1 amide bonds. The molecule has 1 N–H and O–H groups in total. The van der Waals surface area contributed by atoms with Crippen LogP contribution in [0.25, 0.3) is 0 Å². The Labute approximate surface area is 161 Å². The summed E-state index contributed by atoms with van der Waals surface area (Å²) in [6.45, 7) is 6.35.